The molecule has 0 unspecified atom stereocenters. The summed E-state index contributed by atoms with van der Waals surface area (Å²) < 4.78 is 0.949. The zero-order chi connectivity index (χ0) is 13.0. The van der Waals surface area contributed by atoms with Crippen LogP contribution in [0.25, 0.3) is 0 Å². The van der Waals surface area contributed by atoms with Gasteiger partial charge in [-0.05, 0) is 6.07 Å². The Bertz CT molecular complexity index is 534. The molecule has 0 bridgehead atoms. The van der Waals surface area contributed by atoms with Crippen molar-refractivity contribution >= 4 is 17.9 Å². The molecule has 0 aliphatic rings. The second-order valence-corrected chi connectivity index (χ2v) is 3.10. The number of imide groups is 1. The van der Waals surface area contributed by atoms with Gasteiger partial charge in [0.25, 0.3) is 5.56 Å². The summed E-state index contributed by atoms with van der Waals surface area (Å²) in [7, 11) is 0. The number of aromatic carboxylic acids is 1. The van der Waals surface area contributed by atoms with E-state index in [4.69, 9.17) is 10.8 Å². The number of carboxylic acid groups (broad SMARTS) is 1. The van der Waals surface area contributed by atoms with Gasteiger partial charge in [-0.15, -0.1) is 0 Å². The van der Waals surface area contributed by atoms with Crippen molar-refractivity contribution in [3.05, 3.63) is 34.2 Å². The predicted molar refractivity (Wildman–Crippen MR) is 55.4 cm³/mol. The first-order valence-corrected chi connectivity index (χ1v) is 4.43. The minimum atomic E-state index is -1.24. The van der Waals surface area contributed by atoms with Crippen molar-refractivity contribution in [3.63, 3.8) is 0 Å². The van der Waals surface area contributed by atoms with Crippen LogP contribution in [-0.2, 0) is 11.3 Å². The fourth-order valence-electron chi connectivity index (χ4n) is 1.10. The summed E-state index contributed by atoms with van der Waals surface area (Å²) in [5.74, 6) is -2.00. The smallest absolute Gasteiger partial charge is 0.335 e. The highest BCUT2D eigenvalue weighted by atomic mass is 16.4. The van der Waals surface area contributed by atoms with Crippen LogP contribution < -0.4 is 16.6 Å². The number of amides is 3. The molecule has 0 spiro atoms. The predicted octanol–water partition coefficient (Wildman–Crippen LogP) is -1.26. The van der Waals surface area contributed by atoms with Crippen LogP contribution >= 0.6 is 0 Å². The zero-order valence-corrected chi connectivity index (χ0v) is 8.54. The van der Waals surface area contributed by atoms with Gasteiger partial charge < -0.3 is 15.4 Å². The van der Waals surface area contributed by atoms with E-state index in [-0.39, 0.29) is 5.56 Å². The molecule has 0 atom stereocenters. The van der Waals surface area contributed by atoms with E-state index in [0.717, 1.165) is 16.8 Å². The van der Waals surface area contributed by atoms with E-state index in [0.29, 0.717) is 0 Å². The third-order valence-electron chi connectivity index (χ3n) is 1.82. The normalized spacial score (nSPS) is 9.65. The number of primary amides is 1. The van der Waals surface area contributed by atoms with Gasteiger partial charge in [0.1, 0.15) is 6.54 Å². The zero-order valence-electron chi connectivity index (χ0n) is 8.54. The number of urea groups is 1. The van der Waals surface area contributed by atoms with Gasteiger partial charge in [-0.25, -0.2) is 9.59 Å². The largest absolute Gasteiger partial charge is 0.478 e. The average Bonchev–Trinajstić information content (AvgIpc) is 2.19. The minimum absolute atomic E-state index is 0.179. The van der Waals surface area contributed by atoms with Crippen molar-refractivity contribution in [2.75, 3.05) is 0 Å². The monoisotopic (exact) mass is 239 g/mol. The van der Waals surface area contributed by atoms with Gasteiger partial charge in [-0.3, -0.25) is 14.9 Å². The Morgan fingerprint density at radius 1 is 1.41 bits per heavy atom. The highest BCUT2D eigenvalue weighted by Crippen LogP contribution is 1.94. The molecule has 0 aromatic carbocycles. The lowest BCUT2D eigenvalue weighted by Gasteiger charge is -2.04. The molecular weight excluding hydrogens is 230 g/mol. The molecule has 1 heterocycles. The Hall–Kier alpha value is -2.64. The van der Waals surface area contributed by atoms with E-state index in [1.807, 2.05) is 0 Å². The number of hydrogen-bond donors (Lipinski definition) is 3. The van der Waals surface area contributed by atoms with E-state index >= 15 is 0 Å². The third kappa shape index (κ3) is 3.45. The number of rotatable bonds is 3. The summed E-state index contributed by atoms with van der Waals surface area (Å²) in [4.78, 5) is 43.4. The molecule has 4 N–H and O–H groups in total. The molecule has 8 nitrogen and oxygen atoms in total. The fourth-order valence-corrected chi connectivity index (χ4v) is 1.10. The van der Waals surface area contributed by atoms with Crippen molar-refractivity contribution in [1.29, 1.82) is 0 Å². The van der Waals surface area contributed by atoms with Crippen LogP contribution in [0.4, 0.5) is 4.79 Å². The van der Waals surface area contributed by atoms with Crippen molar-refractivity contribution in [2.45, 2.75) is 6.54 Å². The maximum Gasteiger partial charge on any atom is 0.335 e. The van der Waals surface area contributed by atoms with E-state index in [1.165, 1.54) is 6.07 Å². The Morgan fingerprint density at radius 2 is 2.06 bits per heavy atom. The van der Waals surface area contributed by atoms with E-state index in [2.05, 4.69) is 0 Å². The summed E-state index contributed by atoms with van der Waals surface area (Å²) in [5, 5.41) is 10.4. The van der Waals surface area contributed by atoms with Gasteiger partial charge in [0, 0.05) is 12.3 Å². The first kappa shape index (κ1) is 12.4. The number of aromatic nitrogens is 1. The molecule has 0 fully saturated rings. The Kier molecular flexibility index (Phi) is 3.60. The Morgan fingerprint density at radius 3 is 2.53 bits per heavy atom. The van der Waals surface area contributed by atoms with Crippen LogP contribution in [0.3, 0.4) is 0 Å². The minimum Gasteiger partial charge on any atom is -0.478 e. The summed E-state index contributed by atoms with van der Waals surface area (Å²) >= 11 is 0. The SMILES string of the molecule is NC(=O)NC(=O)Cn1ccc(C(=O)O)cc1=O. The number of carbonyl (C=O) groups is 3. The molecule has 1 aromatic rings. The summed E-state index contributed by atoms with van der Waals surface area (Å²) in [5.41, 5.74) is 3.87. The maximum absolute atomic E-state index is 11.4. The van der Waals surface area contributed by atoms with Crippen LogP contribution in [0.1, 0.15) is 10.4 Å². The van der Waals surface area contributed by atoms with Crippen LogP contribution in [0.2, 0.25) is 0 Å². The molecule has 0 aliphatic carbocycles. The molecular formula is C9H9N3O5. The molecule has 0 saturated carbocycles. The molecule has 1 rings (SSSR count). The van der Waals surface area contributed by atoms with Gasteiger partial charge in [0.05, 0.1) is 5.56 Å². The fraction of sp³-hybridized carbons (Fsp3) is 0.111. The van der Waals surface area contributed by atoms with Crippen molar-refractivity contribution in [2.24, 2.45) is 5.73 Å². The third-order valence-corrected chi connectivity index (χ3v) is 1.82. The Labute approximate surface area is 94.7 Å². The van der Waals surface area contributed by atoms with Gasteiger partial charge >= 0.3 is 12.0 Å². The molecule has 0 saturated heterocycles. The average molecular weight is 239 g/mol. The van der Waals surface area contributed by atoms with Crippen molar-refractivity contribution in [3.8, 4) is 0 Å². The van der Waals surface area contributed by atoms with Crippen molar-refractivity contribution < 1.29 is 19.5 Å². The summed E-state index contributed by atoms with van der Waals surface area (Å²) in [6, 6.07) is 1.02. The van der Waals surface area contributed by atoms with Crippen LogP contribution in [0.15, 0.2) is 23.1 Å². The number of nitrogens with zero attached hydrogens (tertiary/aromatic N) is 1. The first-order chi connectivity index (χ1) is 7.90. The second-order valence-electron chi connectivity index (χ2n) is 3.10. The lowest BCUT2D eigenvalue weighted by atomic mass is 10.3. The molecule has 0 radical (unpaired) electrons. The van der Waals surface area contributed by atoms with Crippen LogP contribution in [0.5, 0.6) is 0 Å². The number of pyridine rings is 1. The lowest BCUT2D eigenvalue weighted by Crippen LogP contribution is -2.39. The highest BCUT2D eigenvalue weighted by molar-refractivity contribution is 5.93. The number of nitrogens with one attached hydrogen (secondary N) is 1. The molecule has 3 amide bonds. The number of carbonyl (C=O) groups excluding carboxylic acids is 2. The molecule has 8 heteroatoms. The van der Waals surface area contributed by atoms with E-state index in [9.17, 15) is 19.2 Å². The second kappa shape index (κ2) is 4.92. The van der Waals surface area contributed by atoms with Gasteiger partial charge in [0.15, 0.2) is 0 Å². The van der Waals surface area contributed by atoms with E-state index in [1.54, 1.807) is 5.32 Å². The van der Waals surface area contributed by atoms with E-state index < -0.39 is 30.0 Å². The first-order valence-electron chi connectivity index (χ1n) is 4.43. The van der Waals surface area contributed by atoms with Crippen molar-refractivity contribution in [1.82, 2.24) is 9.88 Å². The van der Waals surface area contributed by atoms with Crippen LogP contribution in [0, 0.1) is 0 Å². The number of carboxylic acids is 1. The molecule has 0 aliphatic heterocycles. The highest BCUT2D eigenvalue weighted by Gasteiger charge is 2.09. The van der Waals surface area contributed by atoms with Gasteiger partial charge in [-0.2, -0.15) is 0 Å². The molecule has 17 heavy (non-hydrogen) atoms. The summed E-state index contributed by atoms with van der Waals surface area (Å²) in [6.07, 6.45) is 1.15. The van der Waals surface area contributed by atoms with Gasteiger partial charge in [-0.1, -0.05) is 0 Å². The quantitative estimate of drug-likeness (QED) is 0.605. The topological polar surface area (TPSA) is 131 Å². The summed E-state index contributed by atoms with van der Waals surface area (Å²) in [6.45, 7) is -0.415. The number of hydrogen-bond acceptors (Lipinski definition) is 4. The standard InChI is InChI=1S/C9H9N3O5/c10-9(17)11-6(13)4-12-2-1-5(8(15)16)3-7(12)14/h1-3H,4H2,(H,15,16)(H3,10,11,13,17). The molecule has 1 aromatic heterocycles. The number of nitrogens with two attached hydrogens (primary N) is 1. The Balaban J connectivity index is 2.87. The lowest BCUT2D eigenvalue weighted by molar-refractivity contribution is -0.120. The maximum atomic E-state index is 11.4. The van der Waals surface area contributed by atoms with Crippen LogP contribution in [-0.4, -0.2) is 27.6 Å². The van der Waals surface area contributed by atoms with Gasteiger partial charge in [0.2, 0.25) is 5.91 Å². The molecule has 90 valence electrons.